The Morgan fingerprint density at radius 2 is 1.95 bits per heavy atom. The van der Waals surface area contributed by atoms with Gasteiger partial charge in [0.1, 0.15) is 0 Å². The number of nitrogens with zero attached hydrogens (tertiary/aromatic N) is 3. The van der Waals surface area contributed by atoms with E-state index in [4.69, 9.17) is 4.52 Å². The molecular formula is C14H18N4O. The van der Waals surface area contributed by atoms with Gasteiger partial charge in [-0.3, -0.25) is 4.98 Å². The molecule has 0 radical (unpaired) electrons. The zero-order valence-electron chi connectivity index (χ0n) is 10.9. The predicted octanol–water partition coefficient (Wildman–Crippen LogP) is 1.72. The van der Waals surface area contributed by atoms with Gasteiger partial charge in [0, 0.05) is 24.7 Å². The molecule has 0 amide bonds. The number of piperidine rings is 1. The Bertz CT molecular complexity index is 505. The van der Waals surface area contributed by atoms with Crippen LogP contribution < -0.4 is 5.32 Å². The number of hydrogen-bond donors (Lipinski definition) is 1. The van der Waals surface area contributed by atoms with Crippen molar-refractivity contribution in [2.75, 3.05) is 13.1 Å². The number of hydrogen-bond acceptors (Lipinski definition) is 5. The van der Waals surface area contributed by atoms with Crippen molar-refractivity contribution in [3.63, 3.8) is 0 Å². The molecule has 1 fully saturated rings. The minimum absolute atomic E-state index is 0.458. The Hall–Kier alpha value is -1.75. The topological polar surface area (TPSA) is 63.8 Å². The minimum Gasteiger partial charge on any atom is -0.339 e. The predicted molar refractivity (Wildman–Crippen MR) is 70.8 cm³/mol. The number of pyridine rings is 1. The SMILES string of the molecule is c1cc(CCc2nc(C3CCNCC3)no2)ccn1. The number of aryl methyl sites for hydroxylation is 2. The zero-order chi connectivity index (χ0) is 12.9. The molecule has 1 N–H and O–H groups in total. The maximum atomic E-state index is 5.34. The van der Waals surface area contributed by atoms with Crippen LogP contribution in [0.3, 0.4) is 0 Å². The van der Waals surface area contributed by atoms with E-state index >= 15 is 0 Å². The molecule has 5 heteroatoms. The molecule has 2 aromatic rings. The summed E-state index contributed by atoms with van der Waals surface area (Å²) in [5.74, 6) is 2.08. The molecule has 0 spiro atoms. The highest BCUT2D eigenvalue weighted by Crippen LogP contribution is 2.22. The second kappa shape index (κ2) is 5.93. The van der Waals surface area contributed by atoms with Crippen LogP contribution in [0.5, 0.6) is 0 Å². The Morgan fingerprint density at radius 3 is 2.74 bits per heavy atom. The summed E-state index contributed by atoms with van der Waals surface area (Å²) >= 11 is 0. The monoisotopic (exact) mass is 258 g/mol. The summed E-state index contributed by atoms with van der Waals surface area (Å²) in [6.07, 6.45) is 7.53. The number of aromatic nitrogens is 3. The molecule has 3 heterocycles. The summed E-state index contributed by atoms with van der Waals surface area (Å²) in [6.45, 7) is 2.09. The van der Waals surface area contributed by atoms with E-state index < -0.39 is 0 Å². The van der Waals surface area contributed by atoms with E-state index in [-0.39, 0.29) is 0 Å². The molecule has 1 aliphatic heterocycles. The summed E-state index contributed by atoms with van der Waals surface area (Å²) in [7, 11) is 0. The van der Waals surface area contributed by atoms with Crippen molar-refractivity contribution in [3.05, 3.63) is 41.8 Å². The van der Waals surface area contributed by atoms with Crippen LogP contribution in [-0.4, -0.2) is 28.2 Å². The highest BCUT2D eigenvalue weighted by Gasteiger charge is 2.20. The first-order valence-corrected chi connectivity index (χ1v) is 6.84. The average Bonchev–Trinajstić information content (AvgIpc) is 2.96. The summed E-state index contributed by atoms with van der Waals surface area (Å²) in [5, 5.41) is 7.47. The van der Waals surface area contributed by atoms with Crippen LogP contribution in [0.15, 0.2) is 29.0 Å². The van der Waals surface area contributed by atoms with Crippen molar-refractivity contribution in [2.45, 2.75) is 31.6 Å². The lowest BCUT2D eigenvalue weighted by Crippen LogP contribution is -2.27. The summed E-state index contributed by atoms with van der Waals surface area (Å²) in [4.78, 5) is 8.54. The van der Waals surface area contributed by atoms with Crippen LogP contribution in [0.4, 0.5) is 0 Å². The van der Waals surface area contributed by atoms with E-state index in [1.807, 2.05) is 24.5 Å². The molecule has 2 aromatic heterocycles. The lowest BCUT2D eigenvalue weighted by atomic mass is 9.98. The van der Waals surface area contributed by atoms with Gasteiger partial charge >= 0.3 is 0 Å². The van der Waals surface area contributed by atoms with Gasteiger partial charge in [-0.2, -0.15) is 4.98 Å². The van der Waals surface area contributed by atoms with Crippen molar-refractivity contribution in [2.24, 2.45) is 0 Å². The normalized spacial score (nSPS) is 16.6. The van der Waals surface area contributed by atoms with Gasteiger partial charge in [-0.15, -0.1) is 0 Å². The lowest BCUT2D eigenvalue weighted by molar-refractivity contribution is 0.360. The molecular weight excluding hydrogens is 240 g/mol. The van der Waals surface area contributed by atoms with Gasteiger partial charge in [-0.25, -0.2) is 0 Å². The minimum atomic E-state index is 0.458. The zero-order valence-corrected chi connectivity index (χ0v) is 10.9. The van der Waals surface area contributed by atoms with Crippen LogP contribution in [0.25, 0.3) is 0 Å². The van der Waals surface area contributed by atoms with Gasteiger partial charge in [0.2, 0.25) is 5.89 Å². The van der Waals surface area contributed by atoms with Crippen molar-refractivity contribution in [1.82, 2.24) is 20.4 Å². The lowest BCUT2D eigenvalue weighted by Gasteiger charge is -2.18. The van der Waals surface area contributed by atoms with Gasteiger partial charge in [-0.05, 0) is 50.0 Å². The van der Waals surface area contributed by atoms with Crippen LogP contribution in [0.1, 0.15) is 36.0 Å². The van der Waals surface area contributed by atoms with E-state index in [9.17, 15) is 0 Å². The van der Waals surface area contributed by atoms with E-state index in [0.29, 0.717) is 5.92 Å². The van der Waals surface area contributed by atoms with Crippen LogP contribution in [0, 0.1) is 0 Å². The molecule has 0 aliphatic carbocycles. The standard InChI is InChI=1S/C14H18N4O/c1(11-3-7-15-8-4-11)2-13-17-14(18-19-13)12-5-9-16-10-6-12/h3-4,7-8,12,16H,1-2,5-6,9-10H2. The van der Waals surface area contributed by atoms with Crippen LogP contribution in [0.2, 0.25) is 0 Å². The maximum Gasteiger partial charge on any atom is 0.226 e. The quantitative estimate of drug-likeness (QED) is 0.904. The van der Waals surface area contributed by atoms with E-state index in [1.165, 1.54) is 5.56 Å². The van der Waals surface area contributed by atoms with Gasteiger partial charge < -0.3 is 9.84 Å². The number of rotatable bonds is 4. The highest BCUT2D eigenvalue weighted by molar-refractivity contribution is 5.10. The first-order valence-electron chi connectivity index (χ1n) is 6.84. The average molecular weight is 258 g/mol. The van der Waals surface area contributed by atoms with Gasteiger partial charge in [0.25, 0.3) is 0 Å². The Balaban J connectivity index is 1.58. The van der Waals surface area contributed by atoms with Crippen molar-refractivity contribution >= 4 is 0 Å². The van der Waals surface area contributed by atoms with E-state index in [2.05, 4.69) is 20.4 Å². The van der Waals surface area contributed by atoms with Gasteiger partial charge in [-0.1, -0.05) is 5.16 Å². The highest BCUT2D eigenvalue weighted by atomic mass is 16.5. The third-order valence-electron chi connectivity index (χ3n) is 3.56. The summed E-state index contributed by atoms with van der Waals surface area (Å²) in [5.41, 5.74) is 1.25. The molecule has 0 aromatic carbocycles. The Morgan fingerprint density at radius 1 is 1.16 bits per heavy atom. The first-order chi connectivity index (χ1) is 9.42. The molecule has 100 valence electrons. The molecule has 0 bridgehead atoms. The summed E-state index contributed by atoms with van der Waals surface area (Å²) < 4.78 is 5.34. The maximum absolute atomic E-state index is 5.34. The fourth-order valence-electron chi connectivity index (χ4n) is 2.42. The molecule has 5 nitrogen and oxygen atoms in total. The third kappa shape index (κ3) is 3.17. The van der Waals surface area contributed by atoms with E-state index in [1.54, 1.807) is 0 Å². The molecule has 1 saturated heterocycles. The molecule has 19 heavy (non-hydrogen) atoms. The first kappa shape index (κ1) is 12.3. The largest absolute Gasteiger partial charge is 0.339 e. The molecule has 3 rings (SSSR count). The summed E-state index contributed by atoms with van der Waals surface area (Å²) in [6, 6.07) is 4.04. The van der Waals surface area contributed by atoms with E-state index in [0.717, 1.165) is 50.5 Å². The molecule has 0 atom stereocenters. The fraction of sp³-hybridized carbons (Fsp3) is 0.500. The van der Waals surface area contributed by atoms with Gasteiger partial charge in [0.15, 0.2) is 5.82 Å². The van der Waals surface area contributed by atoms with Crippen LogP contribution in [-0.2, 0) is 12.8 Å². The van der Waals surface area contributed by atoms with Crippen molar-refractivity contribution in [3.8, 4) is 0 Å². The Kier molecular flexibility index (Phi) is 3.83. The fourth-order valence-corrected chi connectivity index (χ4v) is 2.42. The Labute approximate surface area is 112 Å². The number of nitrogens with one attached hydrogen (secondary N) is 1. The van der Waals surface area contributed by atoms with Crippen molar-refractivity contribution < 1.29 is 4.52 Å². The second-order valence-electron chi connectivity index (χ2n) is 4.93. The third-order valence-corrected chi connectivity index (χ3v) is 3.56. The van der Waals surface area contributed by atoms with Crippen LogP contribution >= 0.6 is 0 Å². The second-order valence-corrected chi connectivity index (χ2v) is 4.93. The van der Waals surface area contributed by atoms with Crippen molar-refractivity contribution in [1.29, 1.82) is 0 Å². The molecule has 1 aliphatic rings. The smallest absolute Gasteiger partial charge is 0.226 e. The van der Waals surface area contributed by atoms with Gasteiger partial charge in [0.05, 0.1) is 0 Å². The molecule has 0 saturated carbocycles. The molecule has 0 unspecified atom stereocenters.